The van der Waals surface area contributed by atoms with Crippen LogP contribution in [0, 0.1) is 11.5 Å². The number of hydrogen-bond donors (Lipinski definition) is 0. The Hall–Kier alpha value is -2.07. The van der Waals surface area contributed by atoms with Gasteiger partial charge in [0.05, 0.1) is 0 Å². The first kappa shape index (κ1) is 13.9. The highest BCUT2D eigenvalue weighted by molar-refractivity contribution is 6.83. The van der Waals surface area contributed by atoms with E-state index >= 15 is 0 Å². The molecule has 21 heavy (non-hydrogen) atoms. The van der Waals surface area contributed by atoms with Crippen molar-refractivity contribution >= 4 is 19.2 Å². The number of aromatic nitrogens is 4. The van der Waals surface area contributed by atoms with Crippen molar-refractivity contribution in [3.8, 4) is 11.5 Å². The molecule has 6 nitrogen and oxygen atoms in total. The van der Waals surface area contributed by atoms with E-state index in [-0.39, 0.29) is 11.2 Å². The standard InChI is InChI=1S/C14H18N4O2Si/c1-16-13(19)11-12-17(7-5-8-18(12)14(16)20)10(15-11)6-9-21(2,3)4/h5,7-8H2,1-4H3. The lowest BCUT2D eigenvalue weighted by Crippen LogP contribution is -2.40. The summed E-state index contributed by atoms with van der Waals surface area (Å²) in [6.45, 7) is 7.85. The van der Waals surface area contributed by atoms with E-state index in [4.69, 9.17) is 0 Å². The van der Waals surface area contributed by atoms with Crippen LogP contribution in [0.15, 0.2) is 9.59 Å². The fourth-order valence-corrected chi connectivity index (χ4v) is 3.00. The van der Waals surface area contributed by atoms with Gasteiger partial charge in [0.2, 0.25) is 0 Å². The summed E-state index contributed by atoms with van der Waals surface area (Å²) in [6, 6.07) is 0. The lowest BCUT2D eigenvalue weighted by atomic mass is 10.3. The van der Waals surface area contributed by atoms with Gasteiger partial charge in [-0.05, 0) is 12.3 Å². The molecular weight excluding hydrogens is 284 g/mol. The van der Waals surface area contributed by atoms with E-state index in [1.165, 1.54) is 7.05 Å². The fourth-order valence-electron chi connectivity index (χ4n) is 2.52. The summed E-state index contributed by atoms with van der Waals surface area (Å²) in [5.41, 5.74) is 3.62. The molecule has 0 spiro atoms. The van der Waals surface area contributed by atoms with Crippen LogP contribution in [0.1, 0.15) is 12.2 Å². The molecule has 0 saturated carbocycles. The van der Waals surface area contributed by atoms with E-state index in [0.717, 1.165) is 17.5 Å². The molecule has 0 unspecified atom stereocenters. The zero-order valence-electron chi connectivity index (χ0n) is 12.7. The van der Waals surface area contributed by atoms with Crippen LogP contribution in [-0.4, -0.2) is 26.8 Å². The largest absolute Gasteiger partial charge is 0.332 e. The minimum absolute atomic E-state index is 0.280. The molecule has 0 N–H and O–H groups in total. The first-order chi connectivity index (χ1) is 9.79. The van der Waals surface area contributed by atoms with Crippen LogP contribution in [0.25, 0.3) is 11.2 Å². The summed E-state index contributed by atoms with van der Waals surface area (Å²) in [5, 5.41) is 0. The molecule has 1 aliphatic heterocycles. The Morgan fingerprint density at radius 1 is 1.14 bits per heavy atom. The molecule has 0 aliphatic carbocycles. The third-order valence-electron chi connectivity index (χ3n) is 3.53. The molecular formula is C14H18N4O2Si. The maximum atomic E-state index is 12.2. The molecule has 0 aromatic carbocycles. The first-order valence-electron chi connectivity index (χ1n) is 7.03. The molecule has 110 valence electrons. The normalized spacial score (nSPS) is 14.1. The van der Waals surface area contributed by atoms with Crippen molar-refractivity contribution in [3.63, 3.8) is 0 Å². The Balaban J connectivity index is 2.39. The zero-order valence-corrected chi connectivity index (χ0v) is 13.7. The Morgan fingerprint density at radius 2 is 1.81 bits per heavy atom. The maximum Gasteiger partial charge on any atom is 0.332 e. The second kappa shape index (κ2) is 4.46. The predicted molar refractivity (Wildman–Crippen MR) is 84.1 cm³/mol. The van der Waals surface area contributed by atoms with E-state index in [1.807, 2.05) is 4.57 Å². The van der Waals surface area contributed by atoms with Gasteiger partial charge in [-0.3, -0.25) is 13.9 Å². The van der Waals surface area contributed by atoms with E-state index < -0.39 is 8.07 Å². The maximum absolute atomic E-state index is 12.2. The van der Waals surface area contributed by atoms with Crippen molar-refractivity contribution < 1.29 is 0 Å². The lowest BCUT2D eigenvalue weighted by molar-refractivity contribution is 0.495. The summed E-state index contributed by atoms with van der Waals surface area (Å²) in [7, 11) is -0.0272. The van der Waals surface area contributed by atoms with Gasteiger partial charge in [0.15, 0.2) is 17.0 Å². The molecule has 0 amide bonds. The highest BCUT2D eigenvalue weighted by atomic mass is 28.3. The van der Waals surface area contributed by atoms with E-state index in [2.05, 4.69) is 36.1 Å². The Morgan fingerprint density at radius 3 is 2.48 bits per heavy atom. The minimum Gasteiger partial charge on any atom is -0.303 e. The first-order valence-corrected chi connectivity index (χ1v) is 10.5. The number of imidazole rings is 1. The summed E-state index contributed by atoms with van der Waals surface area (Å²) in [5.74, 6) is 3.72. The summed E-state index contributed by atoms with van der Waals surface area (Å²) in [6.07, 6.45) is 0.845. The van der Waals surface area contributed by atoms with Crippen LogP contribution in [0.2, 0.25) is 19.6 Å². The second-order valence-corrected chi connectivity index (χ2v) is 11.2. The fraction of sp³-hybridized carbons (Fsp3) is 0.500. The molecule has 1 aliphatic rings. The van der Waals surface area contributed by atoms with Crippen molar-refractivity contribution in [2.24, 2.45) is 7.05 Å². The molecule has 0 fully saturated rings. The summed E-state index contributed by atoms with van der Waals surface area (Å²) >= 11 is 0. The van der Waals surface area contributed by atoms with E-state index in [0.29, 0.717) is 23.5 Å². The van der Waals surface area contributed by atoms with Gasteiger partial charge in [-0.1, -0.05) is 19.6 Å². The smallest absolute Gasteiger partial charge is 0.303 e. The minimum atomic E-state index is -1.52. The Bertz CT molecular complexity index is 915. The van der Waals surface area contributed by atoms with Crippen molar-refractivity contribution in [3.05, 3.63) is 26.7 Å². The monoisotopic (exact) mass is 302 g/mol. The highest BCUT2D eigenvalue weighted by Gasteiger charge is 2.22. The van der Waals surface area contributed by atoms with Crippen LogP contribution < -0.4 is 11.2 Å². The number of rotatable bonds is 0. The Labute approximate surface area is 123 Å². The molecule has 3 rings (SSSR count). The molecule has 7 heteroatoms. The third kappa shape index (κ3) is 2.16. The predicted octanol–water partition coefficient (Wildman–Crippen LogP) is 0.529. The van der Waals surface area contributed by atoms with Gasteiger partial charge >= 0.3 is 5.69 Å². The molecule has 3 heterocycles. The highest BCUT2D eigenvalue weighted by Crippen LogP contribution is 2.17. The van der Waals surface area contributed by atoms with Gasteiger partial charge in [-0.15, -0.1) is 5.54 Å². The van der Waals surface area contributed by atoms with Gasteiger partial charge < -0.3 is 4.57 Å². The van der Waals surface area contributed by atoms with Crippen LogP contribution in [0.4, 0.5) is 0 Å². The van der Waals surface area contributed by atoms with Crippen molar-refractivity contribution in [2.75, 3.05) is 0 Å². The SMILES string of the molecule is Cn1c(=O)c2nc(C#C[Si](C)(C)C)n3c2n(c1=O)CCC3. The zero-order chi connectivity index (χ0) is 15.4. The molecule has 0 radical (unpaired) electrons. The number of hydrogen-bond acceptors (Lipinski definition) is 3. The van der Waals surface area contributed by atoms with Crippen molar-refractivity contribution in [1.29, 1.82) is 0 Å². The van der Waals surface area contributed by atoms with Gasteiger partial charge in [0.25, 0.3) is 5.56 Å². The number of aryl methyl sites for hydroxylation is 2. The van der Waals surface area contributed by atoms with E-state index in [9.17, 15) is 9.59 Å². The summed E-state index contributed by atoms with van der Waals surface area (Å²) in [4.78, 5) is 28.9. The average Bonchev–Trinajstić information content (AvgIpc) is 2.79. The molecule has 2 aromatic rings. The van der Waals surface area contributed by atoms with Gasteiger partial charge in [0, 0.05) is 20.1 Å². The van der Waals surface area contributed by atoms with Gasteiger partial charge in [0.1, 0.15) is 8.07 Å². The van der Waals surface area contributed by atoms with Crippen molar-refractivity contribution in [1.82, 2.24) is 18.7 Å². The van der Waals surface area contributed by atoms with Gasteiger partial charge in [-0.2, -0.15) is 0 Å². The molecule has 0 atom stereocenters. The van der Waals surface area contributed by atoms with Crippen molar-refractivity contribution in [2.45, 2.75) is 39.2 Å². The van der Waals surface area contributed by atoms with Crippen LogP contribution in [0.3, 0.4) is 0 Å². The quantitative estimate of drug-likeness (QED) is 0.527. The second-order valence-electron chi connectivity index (χ2n) is 6.41. The molecule has 2 aromatic heterocycles. The topological polar surface area (TPSA) is 61.8 Å². The average molecular weight is 302 g/mol. The number of nitrogens with zero attached hydrogens (tertiary/aromatic N) is 4. The van der Waals surface area contributed by atoms with Crippen LogP contribution in [-0.2, 0) is 20.1 Å². The lowest BCUT2D eigenvalue weighted by Gasteiger charge is -2.17. The van der Waals surface area contributed by atoms with Crippen LogP contribution >= 0.6 is 0 Å². The molecule has 0 saturated heterocycles. The molecule has 0 bridgehead atoms. The Kier molecular flexibility index (Phi) is 2.95. The van der Waals surface area contributed by atoms with Crippen LogP contribution in [0.5, 0.6) is 0 Å². The van der Waals surface area contributed by atoms with E-state index in [1.54, 1.807) is 4.57 Å². The van der Waals surface area contributed by atoms with Gasteiger partial charge in [-0.25, -0.2) is 9.78 Å². The third-order valence-corrected chi connectivity index (χ3v) is 4.41. The summed E-state index contributed by atoms with van der Waals surface area (Å²) < 4.78 is 4.67.